The zero-order valence-electron chi connectivity index (χ0n) is 15.8. The molecule has 0 aliphatic rings. The van der Waals surface area contributed by atoms with Gasteiger partial charge in [0, 0.05) is 28.4 Å². The third-order valence-electron chi connectivity index (χ3n) is 4.72. The maximum atomic E-state index is 11.0. The Hall–Kier alpha value is -3.60. The molecule has 2 heterocycles. The first-order valence-electron chi connectivity index (χ1n) is 9.07. The molecule has 5 heteroatoms. The molecule has 2 N–H and O–H groups in total. The molecule has 1 atom stereocenters. The number of phenolic OH excluding ortho intramolecular Hbond substituents is 1. The maximum Gasteiger partial charge on any atom is 0.147 e. The van der Waals surface area contributed by atoms with E-state index in [9.17, 15) is 5.11 Å². The quantitative estimate of drug-likeness (QED) is 0.525. The molecule has 0 saturated carbocycles. The van der Waals surface area contributed by atoms with Gasteiger partial charge in [0.2, 0.25) is 0 Å². The fourth-order valence-electron chi connectivity index (χ4n) is 3.38. The van der Waals surface area contributed by atoms with Crippen LogP contribution in [0.3, 0.4) is 0 Å². The highest BCUT2D eigenvalue weighted by atomic mass is 16.5. The molecular formula is C23H21N3O2. The number of hydrogen-bond donors (Lipinski definition) is 2. The highest BCUT2D eigenvalue weighted by Crippen LogP contribution is 2.39. The van der Waals surface area contributed by atoms with Crippen molar-refractivity contribution >= 4 is 16.7 Å². The van der Waals surface area contributed by atoms with Crippen molar-refractivity contribution in [1.82, 2.24) is 9.97 Å². The minimum atomic E-state index is -0.364. The number of hydrogen-bond acceptors (Lipinski definition) is 5. The third-order valence-corrected chi connectivity index (χ3v) is 4.72. The van der Waals surface area contributed by atoms with Crippen LogP contribution in [-0.4, -0.2) is 22.2 Å². The number of aromatic nitrogens is 2. The number of ether oxygens (including phenoxy) is 1. The highest BCUT2D eigenvalue weighted by molar-refractivity contribution is 5.86. The number of nitrogens with zero attached hydrogens (tertiary/aromatic N) is 2. The summed E-state index contributed by atoms with van der Waals surface area (Å²) >= 11 is 0. The first-order valence-corrected chi connectivity index (χ1v) is 9.07. The topological polar surface area (TPSA) is 67.3 Å². The van der Waals surface area contributed by atoms with E-state index in [2.05, 4.69) is 15.3 Å². The standard InChI is InChI=1S/C23H21N3O2/c1-15-7-5-11-20(25-15)26-22(17-9-3-4-10-19(17)28-2)18-13-12-16-8-6-14-24-21(16)23(18)27/h3-14,22,27H,1-2H3,(H,25,26). The molecule has 1 unspecified atom stereocenters. The molecule has 0 spiro atoms. The number of benzene rings is 2. The summed E-state index contributed by atoms with van der Waals surface area (Å²) in [6.45, 7) is 1.95. The smallest absolute Gasteiger partial charge is 0.147 e. The molecule has 0 aliphatic heterocycles. The van der Waals surface area contributed by atoms with Gasteiger partial charge in [0.25, 0.3) is 0 Å². The summed E-state index contributed by atoms with van der Waals surface area (Å²) in [5, 5.41) is 15.4. The van der Waals surface area contributed by atoms with E-state index in [1.165, 1.54) is 0 Å². The fourth-order valence-corrected chi connectivity index (χ4v) is 3.38. The van der Waals surface area contributed by atoms with Crippen LogP contribution in [0.25, 0.3) is 10.9 Å². The number of aromatic hydroxyl groups is 1. The third kappa shape index (κ3) is 3.34. The molecule has 4 aromatic rings. The summed E-state index contributed by atoms with van der Waals surface area (Å²) in [7, 11) is 1.64. The largest absolute Gasteiger partial charge is 0.505 e. The molecule has 5 nitrogen and oxygen atoms in total. The van der Waals surface area contributed by atoms with Crippen molar-refractivity contribution in [2.75, 3.05) is 12.4 Å². The minimum Gasteiger partial charge on any atom is -0.505 e. The van der Waals surface area contributed by atoms with Gasteiger partial charge in [0.05, 0.1) is 13.2 Å². The second-order valence-electron chi connectivity index (χ2n) is 6.56. The predicted octanol–water partition coefficient (Wildman–Crippen LogP) is 4.85. The van der Waals surface area contributed by atoms with Crippen molar-refractivity contribution < 1.29 is 9.84 Å². The molecule has 140 valence electrons. The van der Waals surface area contributed by atoms with Crippen LogP contribution in [0.4, 0.5) is 5.82 Å². The second kappa shape index (κ2) is 7.56. The van der Waals surface area contributed by atoms with Gasteiger partial charge in [-0.2, -0.15) is 0 Å². The fraction of sp³-hybridized carbons (Fsp3) is 0.130. The average molecular weight is 371 g/mol. The van der Waals surface area contributed by atoms with E-state index < -0.39 is 0 Å². The lowest BCUT2D eigenvalue weighted by atomic mass is 9.95. The number of rotatable bonds is 5. The SMILES string of the molecule is COc1ccccc1C(Nc1cccc(C)n1)c1ccc2cccnc2c1O. The van der Waals surface area contributed by atoms with Crippen LogP contribution in [0, 0.1) is 6.92 Å². The second-order valence-corrected chi connectivity index (χ2v) is 6.56. The molecular weight excluding hydrogens is 350 g/mol. The average Bonchev–Trinajstić information content (AvgIpc) is 2.73. The monoisotopic (exact) mass is 371 g/mol. The number of anilines is 1. The van der Waals surface area contributed by atoms with Crippen molar-refractivity contribution in [3.8, 4) is 11.5 Å². The van der Waals surface area contributed by atoms with Gasteiger partial charge in [-0.05, 0) is 31.2 Å². The van der Waals surface area contributed by atoms with E-state index in [1.807, 2.05) is 73.7 Å². The zero-order chi connectivity index (χ0) is 19.5. The predicted molar refractivity (Wildman–Crippen MR) is 111 cm³/mol. The van der Waals surface area contributed by atoms with Crippen molar-refractivity contribution in [2.24, 2.45) is 0 Å². The van der Waals surface area contributed by atoms with E-state index in [0.717, 1.165) is 28.2 Å². The Labute approximate surface area is 163 Å². The van der Waals surface area contributed by atoms with Crippen LogP contribution in [-0.2, 0) is 0 Å². The van der Waals surface area contributed by atoms with Gasteiger partial charge in [-0.1, -0.05) is 42.5 Å². The van der Waals surface area contributed by atoms with Gasteiger partial charge < -0.3 is 15.2 Å². The number of nitrogens with one attached hydrogen (secondary N) is 1. The normalized spacial score (nSPS) is 11.9. The van der Waals surface area contributed by atoms with Crippen LogP contribution in [0.5, 0.6) is 11.5 Å². The summed E-state index contributed by atoms with van der Waals surface area (Å²) in [5.41, 5.74) is 3.09. The number of para-hydroxylation sites is 1. The van der Waals surface area contributed by atoms with E-state index in [1.54, 1.807) is 13.3 Å². The molecule has 0 aliphatic carbocycles. The lowest BCUT2D eigenvalue weighted by molar-refractivity contribution is 0.408. The molecule has 2 aromatic carbocycles. The van der Waals surface area contributed by atoms with Crippen LogP contribution in [0.1, 0.15) is 22.9 Å². The first kappa shape index (κ1) is 17.8. The Morgan fingerprint density at radius 3 is 2.61 bits per heavy atom. The molecule has 28 heavy (non-hydrogen) atoms. The molecule has 0 radical (unpaired) electrons. The summed E-state index contributed by atoms with van der Waals surface area (Å²) in [4.78, 5) is 8.92. The number of pyridine rings is 2. The van der Waals surface area contributed by atoms with Gasteiger partial charge >= 0.3 is 0 Å². The van der Waals surface area contributed by atoms with Gasteiger partial charge in [-0.15, -0.1) is 0 Å². The summed E-state index contributed by atoms with van der Waals surface area (Å²) in [5.74, 6) is 1.60. The Morgan fingerprint density at radius 1 is 0.929 bits per heavy atom. The maximum absolute atomic E-state index is 11.0. The van der Waals surface area contributed by atoms with E-state index in [-0.39, 0.29) is 11.8 Å². The van der Waals surface area contributed by atoms with Crippen LogP contribution < -0.4 is 10.1 Å². The van der Waals surface area contributed by atoms with Crippen molar-refractivity contribution in [2.45, 2.75) is 13.0 Å². The van der Waals surface area contributed by atoms with E-state index in [0.29, 0.717) is 11.1 Å². The van der Waals surface area contributed by atoms with Gasteiger partial charge in [0.15, 0.2) is 0 Å². The Balaban J connectivity index is 1.89. The van der Waals surface area contributed by atoms with E-state index in [4.69, 9.17) is 4.74 Å². The van der Waals surface area contributed by atoms with Crippen LogP contribution in [0.15, 0.2) is 72.9 Å². The molecule has 0 amide bonds. The summed E-state index contributed by atoms with van der Waals surface area (Å²) in [6, 6.07) is 20.9. The summed E-state index contributed by atoms with van der Waals surface area (Å²) in [6.07, 6.45) is 1.68. The molecule has 2 aromatic heterocycles. The molecule has 0 bridgehead atoms. The first-order chi connectivity index (χ1) is 13.7. The Kier molecular flexibility index (Phi) is 4.81. The van der Waals surface area contributed by atoms with Crippen molar-refractivity contribution in [3.05, 3.63) is 89.7 Å². The Bertz CT molecular complexity index is 1130. The lowest BCUT2D eigenvalue weighted by Crippen LogP contribution is -2.15. The molecule has 4 rings (SSSR count). The van der Waals surface area contributed by atoms with Crippen molar-refractivity contribution in [3.63, 3.8) is 0 Å². The van der Waals surface area contributed by atoms with Crippen LogP contribution >= 0.6 is 0 Å². The van der Waals surface area contributed by atoms with E-state index >= 15 is 0 Å². The highest BCUT2D eigenvalue weighted by Gasteiger charge is 2.23. The number of methoxy groups -OCH3 is 1. The van der Waals surface area contributed by atoms with Crippen molar-refractivity contribution in [1.29, 1.82) is 0 Å². The van der Waals surface area contributed by atoms with Gasteiger partial charge in [-0.3, -0.25) is 4.98 Å². The lowest BCUT2D eigenvalue weighted by Gasteiger charge is -2.23. The Morgan fingerprint density at radius 2 is 1.79 bits per heavy atom. The minimum absolute atomic E-state index is 0.147. The molecule has 0 saturated heterocycles. The number of fused-ring (bicyclic) bond motifs is 1. The number of aryl methyl sites for hydroxylation is 1. The summed E-state index contributed by atoms with van der Waals surface area (Å²) < 4.78 is 5.58. The molecule has 0 fully saturated rings. The van der Waals surface area contributed by atoms with Gasteiger partial charge in [-0.25, -0.2) is 4.98 Å². The zero-order valence-corrected chi connectivity index (χ0v) is 15.8. The van der Waals surface area contributed by atoms with Gasteiger partial charge in [0.1, 0.15) is 22.8 Å². The van der Waals surface area contributed by atoms with Crippen LogP contribution in [0.2, 0.25) is 0 Å². The number of phenols is 1.